The molecule has 0 saturated carbocycles. The number of nitrogens with one attached hydrogen (secondary N) is 2. The quantitative estimate of drug-likeness (QED) is 0.178. The van der Waals surface area contributed by atoms with Crippen molar-refractivity contribution in [2.75, 3.05) is 57.6 Å². The Labute approximate surface area is 253 Å². The van der Waals surface area contributed by atoms with E-state index in [1.165, 1.54) is 32.4 Å². The second kappa shape index (κ2) is 15.1. The highest BCUT2D eigenvalue weighted by Crippen LogP contribution is 2.32. The fourth-order valence-corrected chi connectivity index (χ4v) is 5.15. The third kappa shape index (κ3) is 8.78. The number of methoxy groups -OCH3 is 2. The minimum Gasteiger partial charge on any atom is -0.495 e. The number of likely N-dealkylation sites (tertiary alicyclic amines) is 1. The van der Waals surface area contributed by atoms with Crippen molar-refractivity contribution in [1.29, 1.82) is 0 Å². The second-order valence-corrected chi connectivity index (χ2v) is 10.3. The number of anilines is 2. The lowest BCUT2D eigenvalue weighted by Crippen LogP contribution is -2.50. The van der Waals surface area contributed by atoms with Gasteiger partial charge in [0, 0.05) is 37.8 Å². The molecule has 0 amide bonds. The summed E-state index contributed by atoms with van der Waals surface area (Å²) in [7, 11) is 2.87. The lowest BCUT2D eigenvalue weighted by atomic mass is 10.0. The lowest BCUT2D eigenvalue weighted by molar-refractivity contribution is -0.140. The van der Waals surface area contributed by atoms with Crippen molar-refractivity contribution in [3.8, 4) is 17.6 Å². The molecule has 0 unspecified atom stereocenters. The highest BCUT2D eigenvalue weighted by molar-refractivity contribution is 5.94. The van der Waals surface area contributed by atoms with Gasteiger partial charge < -0.3 is 34.9 Å². The molecular weight excluding hydrogens is 584 g/mol. The molecular formula is C31H38F4N4O5. The van der Waals surface area contributed by atoms with Gasteiger partial charge in [-0.25, -0.2) is 9.18 Å². The van der Waals surface area contributed by atoms with E-state index in [1.807, 2.05) is 4.90 Å². The van der Waals surface area contributed by atoms with E-state index in [4.69, 9.17) is 14.6 Å². The average Bonchev–Trinajstić information content (AvgIpc) is 3.29. The Morgan fingerprint density at radius 3 is 2.61 bits per heavy atom. The van der Waals surface area contributed by atoms with Gasteiger partial charge in [-0.15, -0.1) is 0 Å². The first-order valence-electron chi connectivity index (χ1n) is 13.6. The fourth-order valence-electron chi connectivity index (χ4n) is 5.15. The molecule has 0 radical (unpaired) electrons. The van der Waals surface area contributed by atoms with Crippen LogP contribution >= 0.6 is 0 Å². The first-order chi connectivity index (χ1) is 20.5. The number of piperidine rings is 1. The number of nitrogens with zero attached hydrogens (tertiary/aromatic N) is 2. The Bertz CT molecular complexity index is 1480. The zero-order valence-electron chi connectivity index (χ0n) is 23.7. The average molecular weight is 623 g/mol. The summed E-state index contributed by atoms with van der Waals surface area (Å²) in [5.74, 6) is 4.81. The van der Waals surface area contributed by atoms with Gasteiger partial charge in [-0.05, 0) is 48.7 Å². The van der Waals surface area contributed by atoms with E-state index in [0.717, 1.165) is 4.57 Å². The summed E-state index contributed by atoms with van der Waals surface area (Å²) in [6, 6.07) is 10.2. The van der Waals surface area contributed by atoms with Crippen molar-refractivity contribution in [2.45, 2.75) is 44.9 Å². The summed E-state index contributed by atoms with van der Waals surface area (Å²) in [6.07, 6.45) is -6.05. The molecule has 240 valence electrons. The molecule has 0 spiro atoms. The number of hydrogen-bond donors (Lipinski definition) is 4. The number of carboxylic acid groups (broad SMARTS) is 1. The van der Waals surface area contributed by atoms with Crippen LogP contribution in [0.5, 0.6) is 5.75 Å². The fraction of sp³-hybridized carbons (Fsp3) is 0.452. The molecule has 13 heteroatoms. The van der Waals surface area contributed by atoms with E-state index in [0.29, 0.717) is 35.2 Å². The number of rotatable bonds is 11. The largest absolute Gasteiger partial charge is 0.495 e. The molecule has 1 fully saturated rings. The third-order valence-electron chi connectivity index (χ3n) is 7.11. The Morgan fingerprint density at radius 1 is 1.18 bits per heavy atom. The highest BCUT2D eigenvalue weighted by atomic mass is 19.4. The van der Waals surface area contributed by atoms with Crippen molar-refractivity contribution in [3.05, 3.63) is 53.7 Å². The molecule has 1 saturated heterocycles. The SMILES string of the molecule is C.COC[C@H](O)CN1CC[C@@H](Nc2cccc3c2cc(C#CCNc2ccc(C(=O)O)cc2OC)n3CC(F)(F)F)[C@H](F)C1. The molecule has 9 nitrogen and oxygen atoms in total. The topological polar surface area (TPSA) is 108 Å². The molecule has 4 N–H and O–H groups in total. The molecule has 4 rings (SSSR count). The summed E-state index contributed by atoms with van der Waals surface area (Å²) in [6.45, 7) is -0.123. The summed E-state index contributed by atoms with van der Waals surface area (Å²) in [5, 5.41) is 25.8. The van der Waals surface area contributed by atoms with E-state index < -0.39 is 37.0 Å². The minimum absolute atomic E-state index is 0. The maximum absolute atomic E-state index is 15.1. The van der Waals surface area contributed by atoms with Crippen LogP contribution in [0.1, 0.15) is 29.9 Å². The Hall–Kier alpha value is -3.99. The molecule has 3 aromatic rings. The van der Waals surface area contributed by atoms with Gasteiger partial charge in [0.2, 0.25) is 0 Å². The van der Waals surface area contributed by atoms with E-state index >= 15 is 4.39 Å². The number of carboxylic acids is 1. The van der Waals surface area contributed by atoms with E-state index in [2.05, 4.69) is 22.5 Å². The van der Waals surface area contributed by atoms with Gasteiger partial charge in [-0.3, -0.25) is 4.90 Å². The number of fused-ring (bicyclic) bond motifs is 1. The Morgan fingerprint density at radius 2 is 1.95 bits per heavy atom. The van der Waals surface area contributed by atoms with Gasteiger partial charge in [0.15, 0.2) is 0 Å². The molecule has 1 aliphatic heterocycles. The number of hydrogen-bond acceptors (Lipinski definition) is 7. The summed E-state index contributed by atoms with van der Waals surface area (Å²) in [4.78, 5) is 13.0. The van der Waals surface area contributed by atoms with Crippen LogP contribution in [0.2, 0.25) is 0 Å². The van der Waals surface area contributed by atoms with Crippen molar-refractivity contribution < 1.29 is 42.0 Å². The summed E-state index contributed by atoms with van der Waals surface area (Å²) >= 11 is 0. The first-order valence-corrected chi connectivity index (χ1v) is 13.6. The summed E-state index contributed by atoms with van der Waals surface area (Å²) in [5.41, 5.74) is 1.46. The molecule has 2 aromatic carbocycles. The molecule has 2 heterocycles. The van der Waals surface area contributed by atoms with Gasteiger partial charge >= 0.3 is 12.1 Å². The standard InChI is InChI=1S/C30H34F4N4O5.CH4/c1-42-17-21(39)15-37-12-10-25(23(31)16-37)36-24-6-3-7-27-22(24)14-20(38(27)18-30(32,33)34)5-4-11-35-26-9-8-19(29(40)41)13-28(26)43-2;/h3,6-9,13-14,21,23,25,35-36,39H,10-12,15-18H2,1-2H3,(H,40,41);1H4/t21-,23-,25-;/m1./s1. The lowest BCUT2D eigenvalue weighted by Gasteiger charge is -2.36. The van der Waals surface area contributed by atoms with Crippen molar-refractivity contribution in [1.82, 2.24) is 9.47 Å². The highest BCUT2D eigenvalue weighted by Gasteiger charge is 2.32. The molecule has 1 aliphatic rings. The predicted molar refractivity (Wildman–Crippen MR) is 161 cm³/mol. The zero-order chi connectivity index (χ0) is 31.1. The van der Waals surface area contributed by atoms with Crippen LogP contribution in [-0.4, -0.2) is 97.1 Å². The van der Waals surface area contributed by atoms with Crippen LogP contribution in [0.15, 0.2) is 42.5 Å². The van der Waals surface area contributed by atoms with E-state index in [9.17, 15) is 23.1 Å². The number of aliphatic hydroxyl groups excluding tert-OH is 1. The number of benzene rings is 2. The van der Waals surface area contributed by atoms with Crippen molar-refractivity contribution >= 4 is 28.2 Å². The van der Waals surface area contributed by atoms with Gasteiger partial charge in [0.05, 0.1) is 54.9 Å². The molecule has 1 aromatic heterocycles. The van der Waals surface area contributed by atoms with Gasteiger partial charge in [-0.1, -0.05) is 19.4 Å². The number of ether oxygens (including phenoxy) is 2. The number of alkyl halides is 4. The molecule has 0 bridgehead atoms. The van der Waals surface area contributed by atoms with Crippen LogP contribution in [0.4, 0.5) is 28.9 Å². The Kier molecular flexibility index (Phi) is 11.9. The number of halogens is 4. The van der Waals surface area contributed by atoms with Crippen molar-refractivity contribution in [3.63, 3.8) is 0 Å². The van der Waals surface area contributed by atoms with Crippen LogP contribution < -0.4 is 15.4 Å². The van der Waals surface area contributed by atoms with Crippen molar-refractivity contribution in [2.24, 2.45) is 0 Å². The minimum atomic E-state index is -4.51. The van der Waals surface area contributed by atoms with Gasteiger partial charge in [-0.2, -0.15) is 13.2 Å². The number of carbonyl (C=O) groups is 1. The van der Waals surface area contributed by atoms with Crippen LogP contribution in [-0.2, 0) is 11.3 Å². The number of aliphatic hydroxyl groups is 1. The van der Waals surface area contributed by atoms with E-state index in [-0.39, 0.29) is 50.7 Å². The molecule has 44 heavy (non-hydrogen) atoms. The monoisotopic (exact) mass is 622 g/mol. The number of β-amino-alcohol motifs (C(OH)–C–C–N with tert-alkyl or cyclic N) is 1. The van der Waals surface area contributed by atoms with Gasteiger partial charge in [0.1, 0.15) is 18.5 Å². The second-order valence-electron chi connectivity index (χ2n) is 10.3. The molecule has 0 aliphatic carbocycles. The first kappa shape index (κ1) is 34.5. The van der Waals surface area contributed by atoms with Crippen LogP contribution in [0, 0.1) is 11.8 Å². The number of aromatic carboxylic acids is 1. The van der Waals surface area contributed by atoms with E-state index in [1.54, 1.807) is 24.3 Å². The normalized spacial score (nSPS) is 17.7. The maximum Gasteiger partial charge on any atom is 0.406 e. The zero-order valence-corrected chi connectivity index (χ0v) is 23.7. The smallest absolute Gasteiger partial charge is 0.406 e. The predicted octanol–water partition coefficient (Wildman–Crippen LogP) is 4.84. The Balaban J connectivity index is 0.00000529. The van der Waals surface area contributed by atoms with Crippen LogP contribution in [0.3, 0.4) is 0 Å². The third-order valence-corrected chi connectivity index (χ3v) is 7.11. The number of aromatic nitrogens is 1. The van der Waals surface area contributed by atoms with Crippen LogP contribution in [0.25, 0.3) is 10.9 Å². The molecule has 3 atom stereocenters. The maximum atomic E-state index is 15.1. The summed E-state index contributed by atoms with van der Waals surface area (Å²) < 4.78 is 67.1. The van der Waals surface area contributed by atoms with Gasteiger partial charge in [0.25, 0.3) is 0 Å².